The van der Waals surface area contributed by atoms with Crippen molar-refractivity contribution < 1.29 is 9.53 Å². The second kappa shape index (κ2) is 5.97. The molecule has 6 heteroatoms. The standard InChI is InChI=1S/C11H17N3O2S/c12-11-14-9(7-17-11)5-10(15)13-3-1-8-2-4-16-6-8/h7-8H,1-6H2,(H2,12,14)(H,13,15). The quantitative estimate of drug-likeness (QED) is 0.816. The van der Waals surface area contributed by atoms with E-state index in [9.17, 15) is 4.79 Å². The van der Waals surface area contributed by atoms with E-state index in [-0.39, 0.29) is 5.91 Å². The van der Waals surface area contributed by atoms with Gasteiger partial charge in [-0.05, 0) is 18.8 Å². The van der Waals surface area contributed by atoms with Crippen LogP contribution in [0.3, 0.4) is 0 Å². The minimum Gasteiger partial charge on any atom is -0.381 e. The van der Waals surface area contributed by atoms with Crippen LogP contribution in [-0.2, 0) is 16.0 Å². The van der Waals surface area contributed by atoms with Crippen LogP contribution in [0.4, 0.5) is 5.13 Å². The number of carbonyl (C=O) groups is 1. The molecule has 1 amide bonds. The van der Waals surface area contributed by atoms with Crippen molar-refractivity contribution in [1.29, 1.82) is 0 Å². The van der Waals surface area contributed by atoms with E-state index in [1.807, 2.05) is 5.38 Å². The highest BCUT2D eigenvalue weighted by atomic mass is 32.1. The summed E-state index contributed by atoms with van der Waals surface area (Å²) in [5.74, 6) is 0.611. The van der Waals surface area contributed by atoms with Gasteiger partial charge in [0.05, 0.1) is 12.1 Å². The van der Waals surface area contributed by atoms with E-state index >= 15 is 0 Å². The summed E-state index contributed by atoms with van der Waals surface area (Å²) in [6.07, 6.45) is 2.41. The van der Waals surface area contributed by atoms with Crippen molar-refractivity contribution in [1.82, 2.24) is 10.3 Å². The molecular formula is C11H17N3O2S. The fourth-order valence-electron chi connectivity index (χ4n) is 1.86. The summed E-state index contributed by atoms with van der Waals surface area (Å²) >= 11 is 1.36. The number of nitrogens with one attached hydrogen (secondary N) is 1. The molecule has 0 aliphatic carbocycles. The largest absolute Gasteiger partial charge is 0.381 e. The lowest BCUT2D eigenvalue weighted by Gasteiger charge is -2.08. The Kier molecular flexibility index (Phi) is 4.33. The lowest BCUT2D eigenvalue weighted by molar-refractivity contribution is -0.120. The molecule has 1 aromatic rings. The predicted octanol–water partition coefficient (Wildman–Crippen LogP) is 0.811. The molecule has 94 valence electrons. The van der Waals surface area contributed by atoms with Crippen LogP contribution in [-0.4, -0.2) is 30.6 Å². The van der Waals surface area contributed by atoms with Crippen molar-refractivity contribution in [3.05, 3.63) is 11.1 Å². The number of hydrogen-bond donors (Lipinski definition) is 2. The van der Waals surface area contributed by atoms with Gasteiger partial charge in [-0.15, -0.1) is 11.3 Å². The minimum atomic E-state index is 0.00853. The van der Waals surface area contributed by atoms with Crippen molar-refractivity contribution in [2.24, 2.45) is 5.92 Å². The number of aromatic nitrogens is 1. The summed E-state index contributed by atoms with van der Waals surface area (Å²) < 4.78 is 5.28. The maximum absolute atomic E-state index is 11.6. The molecule has 0 bridgehead atoms. The van der Waals surface area contributed by atoms with Crippen LogP contribution in [0.2, 0.25) is 0 Å². The highest BCUT2D eigenvalue weighted by Gasteiger charge is 2.15. The second-order valence-electron chi connectivity index (χ2n) is 4.22. The lowest BCUT2D eigenvalue weighted by Crippen LogP contribution is -2.27. The van der Waals surface area contributed by atoms with Crippen LogP contribution in [0.15, 0.2) is 5.38 Å². The minimum absolute atomic E-state index is 0.00853. The molecule has 2 heterocycles. The van der Waals surface area contributed by atoms with Gasteiger partial charge in [-0.2, -0.15) is 0 Å². The van der Waals surface area contributed by atoms with Crippen molar-refractivity contribution >= 4 is 22.4 Å². The van der Waals surface area contributed by atoms with Gasteiger partial charge in [-0.25, -0.2) is 4.98 Å². The van der Waals surface area contributed by atoms with Crippen molar-refractivity contribution in [3.8, 4) is 0 Å². The average molecular weight is 255 g/mol. The number of nitrogens with two attached hydrogens (primary N) is 1. The first-order valence-electron chi connectivity index (χ1n) is 5.78. The fraction of sp³-hybridized carbons (Fsp3) is 0.636. The first-order valence-corrected chi connectivity index (χ1v) is 6.66. The highest BCUT2D eigenvalue weighted by molar-refractivity contribution is 7.13. The first kappa shape index (κ1) is 12.3. The van der Waals surface area contributed by atoms with E-state index in [0.29, 0.717) is 24.0 Å². The van der Waals surface area contributed by atoms with Crippen molar-refractivity contribution in [2.45, 2.75) is 19.3 Å². The number of carbonyl (C=O) groups excluding carboxylic acids is 1. The first-order chi connectivity index (χ1) is 8.24. The SMILES string of the molecule is Nc1nc(CC(=O)NCCC2CCOC2)cs1. The zero-order valence-electron chi connectivity index (χ0n) is 9.65. The highest BCUT2D eigenvalue weighted by Crippen LogP contribution is 2.15. The molecule has 0 aromatic carbocycles. The monoisotopic (exact) mass is 255 g/mol. The summed E-state index contributed by atoms with van der Waals surface area (Å²) in [6.45, 7) is 2.40. The topological polar surface area (TPSA) is 77.2 Å². The number of amides is 1. The van der Waals surface area contributed by atoms with Gasteiger partial charge < -0.3 is 15.8 Å². The third-order valence-corrected chi connectivity index (χ3v) is 3.53. The van der Waals surface area contributed by atoms with Crippen LogP contribution in [0, 0.1) is 5.92 Å². The van der Waals surface area contributed by atoms with Crippen LogP contribution in [0.1, 0.15) is 18.5 Å². The van der Waals surface area contributed by atoms with E-state index in [1.54, 1.807) is 0 Å². The smallest absolute Gasteiger partial charge is 0.226 e. The van der Waals surface area contributed by atoms with E-state index in [4.69, 9.17) is 10.5 Å². The molecule has 1 aromatic heterocycles. The molecule has 1 unspecified atom stereocenters. The fourth-order valence-corrected chi connectivity index (χ4v) is 2.42. The summed E-state index contributed by atoms with van der Waals surface area (Å²) in [4.78, 5) is 15.6. The number of rotatable bonds is 5. The summed E-state index contributed by atoms with van der Waals surface area (Å²) in [7, 11) is 0. The van der Waals surface area contributed by atoms with Gasteiger partial charge in [-0.1, -0.05) is 0 Å². The molecular weight excluding hydrogens is 238 g/mol. The van der Waals surface area contributed by atoms with Gasteiger partial charge in [0, 0.05) is 25.1 Å². The molecule has 1 saturated heterocycles. The average Bonchev–Trinajstić information content (AvgIpc) is 2.90. The molecule has 5 nitrogen and oxygen atoms in total. The van der Waals surface area contributed by atoms with Gasteiger partial charge >= 0.3 is 0 Å². The number of thiazole rings is 1. The summed E-state index contributed by atoms with van der Waals surface area (Å²) in [5, 5.41) is 5.23. The Labute approximate surface area is 104 Å². The maximum atomic E-state index is 11.6. The van der Waals surface area contributed by atoms with Crippen molar-refractivity contribution in [2.75, 3.05) is 25.5 Å². The number of nitrogen functional groups attached to an aromatic ring is 1. The summed E-state index contributed by atoms with van der Waals surface area (Å²) in [6, 6.07) is 0. The molecule has 1 atom stereocenters. The summed E-state index contributed by atoms with van der Waals surface area (Å²) in [5.41, 5.74) is 6.24. The molecule has 17 heavy (non-hydrogen) atoms. The Hall–Kier alpha value is -1.14. The third-order valence-electron chi connectivity index (χ3n) is 2.81. The van der Waals surface area contributed by atoms with Crippen LogP contribution < -0.4 is 11.1 Å². The van der Waals surface area contributed by atoms with Gasteiger partial charge in [-0.3, -0.25) is 4.79 Å². The van der Waals surface area contributed by atoms with Gasteiger partial charge in [0.25, 0.3) is 0 Å². The lowest BCUT2D eigenvalue weighted by atomic mass is 10.1. The molecule has 0 saturated carbocycles. The number of hydrogen-bond acceptors (Lipinski definition) is 5. The number of ether oxygens (including phenoxy) is 1. The Balaban J connectivity index is 1.63. The molecule has 1 aliphatic rings. The van der Waals surface area contributed by atoms with Gasteiger partial charge in [0.2, 0.25) is 5.91 Å². The van der Waals surface area contributed by atoms with E-state index in [2.05, 4.69) is 10.3 Å². The Bertz CT molecular complexity index is 375. The van der Waals surface area contributed by atoms with Crippen molar-refractivity contribution in [3.63, 3.8) is 0 Å². The van der Waals surface area contributed by atoms with Crippen LogP contribution in [0.25, 0.3) is 0 Å². The van der Waals surface area contributed by atoms with Crippen LogP contribution in [0.5, 0.6) is 0 Å². The van der Waals surface area contributed by atoms with Crippen LogP contribution >= 0.6 is 11.3 Å². The van der Waals surface area contributed by atoms with E-state index in [0.717, 1.165) is 31.7 Å². The molecule has 0 radical (unpaired) electrons. The third kappa shape index (κ3) is 3.98. The Morgan fingerprint density at radius 2 is 2.59 bits per heavy atom. The van der Waals surface area contributed by atoms with Gasteiger partial charge in [0.1, 0.15) is 0 Å². The zero-order chi connectivity index (χ0) is 12.1. The number of nitrogens with zero attached hydrogens (tertiary/aromatic N) is 1. The molecule has 2 rings (SSSR count). The second-order valence-corrected chi connectivity index (χ2v) is 5.11. The van der Waals surface area contributed by atoms with E-state index < -0.39 is 0 Å². The van der Waals surface area contributed by atoms with E-state index in [1.165, 1.54) is 11.3 Å². The molecule has 3 N–H and O–H groups in total. The Morgan fingerprint density at radius 3 is 3.24 bits per heavy atom. The normalized spacial score (nSPS) is 19.4. The maximum Gasteiger partial charge on any atom is 0.226 e. The Morgan fingerprint density at radius 1 is 1.71 bits per heavy atom. The van der Waals surface area contributed by atoms with Gasteiger partial charge in [0.15, 0.2) is 5.13 Å². The molecule has 1 fully saturated rings. The molecule has 1 aliphatic heterocycles. The number of anilines is 1. The molecule has 0 spiro atoms. The predicted molar refractivity (Wildman–Crippen MR) is 66.8 cm³/mol. The zero-order valence-corrected chi connectivity index (χ0v) is 10.5.